The molecule has 2 unspecified atom stereocenters. The topological polar surface area (TPSA) is 86.6 Å². The molecule has 3 N–H and O–H groups in total. The number of carboxylic acid groups (broad SMARTS) is 1. The lowest BCUT2D eigenvalue weighted by Gasteiger charge is -2.26. The summed E-state index contributed by atoms with van der Waals surface area (Å²) in [5.41, 5.74) is 0.235. The Balaban J connectivity index is 2.06. The van der Waals surface area contributed by atoms with Gasteiger partial charge in [0.1, 0.15) is 0 Å². The van der Waals surface area contributed by atoms with Crippen LogP contribution in [-0.4, -0.2) is 34.2 Å². The molecule has 5 nitrogen and oxygen atoms in total. The molecule has 1 amide bonds. The van der Waals surface area contributed by atoms with Crippen LogP contribution in [-0.2, 0) is 16.0 Å². The van der Waals surface area contributed by atoms with Crippen LogP contribution in [0.4, 0.5) is 0 Å². The van der Waals surface area contributed by atoms with Gasteiger partial charge in [-0.15, -0.1) is 0 Å². The third kappa shape index (κ3) is 2.99. The van der Waals surface area contributed by atoms with Gasteiger partial charge < -0.3 is 15.5 Å². The van der Waals surface area contributed by atoms with Crippen molar-refractivity contribution in [3.8, 4) is 0 Å². The molecule has 2 atom stereocenters. The van der Waals surface area contributed by atoms with Crippen LogP contribution in [0.25, 0.3) is 0 Å². The van der Waals surface area contributed by atoms with Crippen molar-refractivity contribution in [2.45, 2.75) is 37.7 Å². The minimum atomic E-state index is -1.94. The lowest BCUT2D eigenvalue weighted by molar-refractivity contribution is -0.156. The fourth-order valence-electron chi connectivity index (χ4n) is 2.48. The lowest BCUT2D eigenvalue weighted by atomic mass is 9.82. The highest BCUT2D eigenvalue weighted by Gasteiger charge is 2.32. The number of nitrogens with one attached hydrogen (secondary N) is 1. The maximum atomic E-state index is 12.2. The van der Waals surface area contributed by atoms with E-state index in [1.54, 1.807) is 0 Å². The second kappa shape index (κ2) is 5.63. The van der Waals surface area contributed by atoms with Crippen molar-refractivity contribution >= 4 is 11.9 Å². The van der Waals surface area contributed by atoms with Crippen molar-refractivity contribution in [3.63, 3.8) is 0 Å². The SMILES string of the molecule is CC(O)(CNC(=O)C1CCCc2ccccc21)C(=O)O. The number of aliphatic carboxylic acids is 1. The van der Waals surface area contributed by atoms with E-state index in [1.165, 1.54) is 12.5 Å². The first kappa shape index (κ1) is 14.5. The normalized spacial score (nSPS) is 20.6. The number of carbonyl (C=O) groups is 2. The quantitative estimate of drug-likeness (QED) is 0.768. The van der Waals surface area contributed by atoms with Gasteiger partial charge in [0.15, 0.2) is 5.60 Å². The molecule has 0 fully saturated rings. The standard InChI is InChI=1S/C15H19NO4/c1-15(20,14(18)19)9-16-13(17)12-8-4-6-10-5-2-3-7-11(10)12/h2-3,5,7,12,20H,4,6,8-9H2,1H3,(H,16,17)(H,18,19). The molecule has 2 rings (SSSR count). The number of carbonyl (C=O) groups excluding carboxylic acids is 1. The number of aliphatic hydroxyl groups is 1. The average Bonchev–Trinajstić information content (AvgIpc) is 2.44. The molecule has 1 aromatic rings. The zero-order valence-electron chi connectivity index (χ0n) is 11.4. The molecule has 0 spiro atoms. The van der Waals surface area contributed by atoms with Crippen LogP contribution in [0.3, 0.4) is 0 Å². The third-order valence-electron chi connectivity index (χ3n) is 3.75. The van der Waals surface area contributed by atoms with Crippen LogP contribution in [0.2, 0.25) is 0 Å². The maximum absolute atomic E-state index is 12.2. The molecule has 1 aliphatic carbocycles. The van der Waals surface area contributed by atoms with Gasteiger partial charge in [0.25, 0.3) is 0 Å². The van der Waals surface area contributed by atoms with Crippen molar-refractivity contribution < 1.29 is 19.8 Å². The Morgan fingerprint density at radius 1 is 1.40 bits per heavy atom. The van der Waals surface area contributed by atoms with E-state index in [9.17, 15) is 14.7 Å². The summed E-state index contributed by atoms with van der Waals surface area (Å²) in [6.07, 6.45) is 2.65. The molecular formula is C15H19NO4. The predicted molar refractivity (Wildman–Crippen MR) is 73.4 cm³/mol. The van der Waals surface area contributed by atoms with Crippen molar-refractivity contribution in [1.29, 1.82) is 0 Å². The van der Waals surface area contributed by atoms with E-state index in [2.05, 4.69) is 5.32 Å². The molecule has 108 valence electrons. The third-order valence-corrected chi connectivity index (χ3v) is 3.75. The Morgan fingerprint density at radius 2 is 2.10 bits per heavy atom. The summed E-state index contributed by atoms with van der Waals surface area (Å²) in [4.78, 5) is 23.0. The molecule has 0 saturated heterocycles. The summed E-state index contributed by atoms with van der Waals surface area (Å²) in [5, 5.41) is 21.0. The molecule has 0 heterocycles. The first-order valence-corrected chi connectivity index (χ1v) is 6.73. The maximum Gasteiger partial charge on any atom is 0.337 e. The minimum Gasteiger partial charge on any atom is -0.479 e. The van der Waals surface area contributed by atoms with Crippen LogP contribution in [0.1, 0.15) is 36.8 Å². The number of benzene rings is 1. The molecule has 5 heteroatoms. The number of aryl methyl sites for hydroxylation is 1. The molecule has 20 heavy (non-hydrogen) atoms. The van der Waals surface area contributed by atoms with Crippen LogP contribution in [0.15, 0.2) is 24.3 Å². The van der Waals surface area contributed by atoms with Crippen LogP contribution < -0.4 is 5.32 Å². The molecule has 0 bridgehead atoms. The Bertz CT molecular complexity index is 524. The fraction of sp³-hybridized carbons (Fsp3) is 0.467. The van der Waals surface area contributed by atoms with Gasteiger partial charge >= 0.3 is 5.97 Å². The Kier molecular flexibility index (Phi) is 4.09. The first-order chi connectivity index (χ1) is 9.42. The Morgan fingerprint density at radius 3 is 2.80 bits per heavy atom. The van der Waals surface area contributed by atoms with E-state index in [-0.39, 0.29) is 18.4 Å². The predicted octanol–water partition coefficient (Wildman–Crippen LogP) is 1.06. The van der Waals surface area contributed by atoms with Crippen LogP contribution >= 0.6 is 0 Å². The smallest absolute Gasteiger partial charge is 0.337 e. The molecule has 0 saturated carbocycles. The summed E-state index contributed by atoms with van der Waals surface area (Å²) in [6, 6.07) is 7.81. The van der Waals surface area contributed by atoms with E-state index in [0.717, 1.165) is 24.8 Å². The molecule has 0 aliphatic heterocycles. The van der Waals surface area contributed by atoms with Gasteiger partial charge in [-0.1, -0.05) is 24.3 Å². The Labute approximate surface area is 117 Å². The van der Waals surface area contributed by atoms with Crippen molar-refractivity contribution in [3.05, 3.63) is 35.4 Å². The second-order valence-electron chi connectivity index (χ2n) is 5.44. The summed E-state index contributed by atoms with van der Waals surface area (Å²) in [5.74, 6) is -1.83. The zero-order chi connectivity index (χ0) is 14.8. The van der Waals surface area contributed by atoms with Gasteiger partial charge in [0.05, 0.1) is 12.5 Å². The molecule has 1 aliphatic rings. The largest absolute Gasteiger partial charge is 0.479 e. The number of hydrogen-bond acceptors (Lipinski definition) is 3. The van der Waals surface area contributed by atoms with E-state index < -0.39 is 11.6 Å². The zero-order valence-corrected chi connectivity index (χ0v) is 11.4. The number of hydrogen-bond donors (Lipinski definition) is 3. The number of fused-ring (bicyclic) bond motifs is 1. The average molecular weight is 277 g/mol. The summed E-state index contributed by atoms with van der Waals surface area (Å²) >= 11 is 0. The first-order valence-electron chi connectivity index (χ1n) is 6.73. The second-order valence-corrected chi connectivity index (χ2v) is 5.44. The monoisotopic (exact) mass is 277 g/mol. The van der Waals surface area contributed by atoms with Gasteiger partial charge in [0, 0.05) is 0 Å². The van der Waals surface area contributed by atoms with Crippen LogP contribution in [0.5, 0.6) is 0 Å². The van der Waals surface area contributed by atoms with Gasteiger partial charge in [-0.2, -0.15) is 0 Å². The van der Waals surface area contributed by atoms with Crippen LogP contribution in [0, 0.1) is 0 Å². The van der Waals surface area contributed by atoms with Gasteiger partial charge in [0.2, 0.25) is 5.91 Å². The summed E-state index contributed by atoms with van der Waals surface area (Å²) < 4.78 is 0. The number of amides is 1. The van der Waals surface area contributed by atoms with Gasteiger partial charge in [-0.25, -0.2) is 4.79 Å². The fourth-order valence-corrected chi connectivity index (χ4v) is 2.48. The van der Waals surface area contributed by atoms with E-state index in [0.29, 0.717) is 0 Å². The summed E-state index contributed by atoms with van der Waals surface area (Å²) in [6.45, 7) is 0.879. The summed E-state index contributed by atoms with van der Waals surface area (Å²) in [7, 11) is 0. The Hall–Kier alpha value is -1.88. The highest BCUT2D eigenvalue weighted by atomic mass is 16.4. The van der Waals surface area contributed by atoms with E-state index >= 15 is 0 Å². The van der Waals surface area contributed by atoms with Crippen molar-refractivity contribution in [2.75, 3.05) is 6.54 Å². The van der Waals surface area contributed by atoms with Crippen molar-refractivity contribution in [1.82, 2.24) is 5.32 Å². The molecule has 0 aromatic heterocycles. The number of carboxylic acids is 1. The highest BCUT2D eigenvalue weighted by molar-refractivity contribution is 5.85. The van der Waals surface area contributed by atoms with Crippen molar-refractivity contribution in [2.24, 2.45) is 0 Å². The van der Waals surface area contributed by atoms with E-state index in [4.69, 9.17) is 5.11 Å². The van der Waals surface area contributed by atoms with Gasteiger partial charge in [-0.3, -0.25) is 4.79 Å². The lowest BCUT2D eigenvalue weighted by Crippen LogP contribution is -2.47. The van der Waals surface area contributed by atoms with E-state index in [1.807, 2.05) is 24.3 Å². The molecule has 1 aromatic carbocycles. The highest BCUT2D eigenvalue weighted by Crippen LogP contribution is 2.31. The molecule has 0 radical (unpaired) electrons. The van der Waals surface area contributed by atoms with Gasteiger partial charge in [-0.05, 0) is 37.3 Å². The number of rotatable bonds is 4. The molecular weight excluding hydrogens is 258 g/mol. The minimum absolute atomic E-state index is 0.223.